The van der Waals surface area contributed by atoms with Crippen LogP contribution in [0, 0.1) is 11.3 Å². The summed E-state index contributed by atoms with van der Waals surface area (Å²) in [6, 6.07) is 5.63. The number of H-pyrrole nitrogens is 1. The van der Waals surface area contributed by atoms with Gasteiger partial charge in [0.1, 0.15) is 6.07 Å². The van der Waals surface area contributed by atoms with Crippen LogP contribution >= 0.6 is 0 Å². The summed E-state index contributed by atoms with van der Waals surface area (Å²) in [5.74, 6) is 1.81. The summed E-state index contributed by atoms with van der Waals surface area (Å²) in [5.41, 5.74) is 0.436. The van der Waals surface area contributed by atoms with Crippen molar-refractivity contribution < 1.29 is 4.42 Å². The van der Waals surface area contributed by atoms with E-state index in [1.807, 2.05) is 14.1 Å². The topological polar surface area (TPSA) is 68.8 Å². The van der Waals surface area contributed by atoms with Gasteiger partial charge in [0, 0.05) is 14.1 Å². The molecule has 0 radical (unpaired) electrons. The minimum atomic E-state index is 0.436. The number of aromatic nitrogens is 2. The van der Waals surface area contributed by atoms with Crippen LogP contribution in [0.2, 0.25) is 0 Å². The zero-order chi connectivity index (χ0) is 10.8. The quantitative estimate of drug-likeness (QED) is 0.803. The number of hydrogen-bond donors (Lipinski definition) is 1. The highest BCUT2D eigenvalue weighted by Gasteiger charge is 2.13. The highest BCUT2D eigenvalue weighted by Crippen LogP contribution is 2.22. The molecule has 5 heteroatoms. The van der Waals surface area contributed by atoms with E-state index in [2.05, 4.69) is 16.0 Å². The Hall–Kier alpha value is -2.22. The lowest BCUT2D eigenvalue weighted by atomic mass is 10.4. The zero-order valence-electron chi connectivity index (χ0n) is 8.48. The first-order valence-electron chi connectivity index (χ1n) is 4.43. The molecule has 1 N–H and O–H groups in total. The first-order valence-corrected chi connectivity index (χ1v) is 4.43. The predicted octanol–water partition coefficient (Wildman–Crippen LogP) is 1.61. The molecule has 15 heavy (non-hydrogen) atoms. The number of imidazole rings is 1. The Balaban J connectivity index is 2.49. The van der Waals surface area contributed by atoms with Gasteiger partial charge in [-0.05, 0) is 12.1 Å². The summed E-state index contributed by atoms with van der Waals surface area (Å²) in [6.07, 6.45) is 1.57. The third-order valence-corrected chi connectivity index (χ3v) is 1.97. The summed E-state index contributed by atoms with van der Waals surface area (Å²) in [7, 11) is 3.67. The van der Waals surface area contributed by atoms with Gasteiger partial charge in [0.25, 0.3) is 0 Å². The smallest absolute Gasteiger partial charge is 0.176 e. The molecule has 2 aromatic heterocycles. The summed E-state index contributed by atoms with van der Waals surface area (Å²) in [4.78, 5) is 8.96. The minimum Gasteiger partial charge on any atom is -0.461 e. The van der Waals surface area contributed by atoms with E-state index in [0.29, 0.717) is 23.1 Å². The highest BCUT2D eigenvalue weighted by molar-refractivity contribution is 5.58. The van der Waals surface area contributed by atoms with Gasteiger partial charge in [-0.25, -0.2) is 4.98 Å². The third-order valence-electron chi connectivity index (χ3n) is 1.97. The minimum absolute atomic E-state index is 0.436. The van der Waals surface area contributed by atoms with Gasteiger partial charge in [-0.2, -0.15) is 5.26 Å². The molecule has 0 aliphatic heterocycles. The Morgan fingerprint density at radius 2 is 2.33 bits per heavy atom. The van der Waals surface area contributed by atoms with Crippen molar-refractivity contribution in [2.75, 3.05) is 19.0 Å². The van der Waals surface area contributed by atoms with Crippen molar-refractivity contribution in [2.24, 2.45) is 0 Å². The van der Waals surface area contributed by atoms with E-state index in [9.17, 15) is 0 Å². The van der Waals surface area contributed by atoms with Crippen LogP contribution < -0.4 is 4.90 Å². The molecule has 76 valence electrons. The molecule has 0 atom stereocenters. The average Bonchev–Trinajstić information content (AvgIpc) is 2.86. The Kier molecular flexibility index (Phi) is 2.18. The number of nitriles is 1. The largest absolute Gasteiger partial charge is 0.461 e. The number of nitrogens with zero attached hydrogens (tertiary/aromatic N) is 3. The van der Waals surface area contributed by atoms with Crippen molar-refractivity contribution in [2.45, 2.75) is 0 Å². The summed E-state index contributed by atoms with van der Waals surface area (Å²) in [5, 5.41) is 8.90. The van der Waals surface area contributed by atoms with Crippen molar-refractivity contribution in [3.63, 3.8) is 0 Å². The van der Waals surface area contributed by atoms with Gasteiger partial charge in [-0.15, -0.1) is 0 Å². The number of anilines is 1. The van der Waals surface area contributed by atoms with Crippen LogP contribution in [0.5, 0.6) is 0 Å². The lowest BCUT2D eigenvalue weighted by Gasteiger charge is -2.06. The molecule has 2 heterocycles. The van der Waals surface area contributed by atoms with Gasteiger partial charge in [0.15, 0.2) is 23.1 Å². The maximum Gasteiger partial charge on any atom is 0.176 e. The van der Waals surface area contributed by atoms with E-state index in [-0.39, 0.29) is 0 Å². The molecular weight excluding hydrogens is 192 g/mol. The number of nitrogens with one attached hydrogen (secondary N) is 1. The molecule has 0 fully saturated rings. The Labute approximate surface area is 87.0 Å². The van der Waals surface area contributed by atoms with Crippen LogP contribution in [-0.2, 0) is 0 Å². The number of hydrogen-bond acceptors (Lipinski definition) is 4. The van der Waals surface area contributed by atoms with E-state index in [4.69, 9.17) is 9.68 Å². The van der Waals surface area contributed by atoms with E-state index in [1.165, 1.54) is 0 Å². The second-order valence-corrected chi connectivity index (χ2v) is 3.27. The van der Waals surface area contributed by atoms with Gasteiger partial charge in [-0.3, -0.25) is 0 Å². The first kappa shape index (κ1) is 9.34. The van der Waals surface area contributed by atoms with E-state index >= 15 is 0 Å². The molecule has 2 aromatic rings. The standard InChI is InChI=1S/C10H10N4O/c1-14(2)10-7(6-11)12-9(13-10)8-4-3-5-15-8/h3-5H,1-2H3,(H,12,13). The molecule has 0 spiro atoms. The van der Waals surface area contributed by atoms with Gasteiger partial charge >= 0.3 is 0 Å². The van der Waals surface area contributed by atoms with Crippen LogP contribution in [0.25, 0.3) is 11.6 Å². The molecule has 2 rings (SSSR count). The molecule has 0 aromatic carbocycles. The van der Waals surface area contributed by atoms with Crippen LogP contribution in [-0.4, -0.2) is 24.1 Å². The van der Waals surface area contributed by atoms with Gasteiger partial charge in [0.05, 0.1) is 6.26 Å². The van der Waals surface area contributed by atoms with Crippen molar-refractivity contribution in [3.8, 4) is 17.7 Å². The summed E-state index contributed by atoms with van der Waals surface area (Å²) >= 11 is 0. The molecule has 0 bridgehead atoms. The van der Waals surface area contributed by atoms with Gasteiger partial charge in [-0.1, -0.05) is 0 Å². The normalized spacial score (nSPS) is 9.93. The second-order valence-electron chi connectivity index (χ2n) is 3.27. The van der Waals surface area contributed by atoms with E-state index in [0.717, 1.165) is 0 Å². The maximum absolute atomic E-state index is 8.90. The Morgan fingerprint density at radius 1 is 1.53 bits per heavy atom. The molecule has 0 aliphatic rings. The average molecular weight is 202 g/mol. The van der Waals surface area contributed by atoms with Crippen molar-refractivity contribution >= 4 is 5.82 Å². The maximum atomic E-state index is 8.90. The van der Waals surface area contributed by atoms with Crippen molar-refractivity contribution in [1.29, 1.82) is 5.26 Å². The molecule has 5 nitrogen and oxygen atoms in total. The molecule has 0 aliphatic carbocycles. The number of furan rings is 1. The number of rotatable bonds is 2. The third kappa shape index (κ3) is 1.57. The van der Waals surface area contributed by atoms with Crippen LogP contribution in [0.1, 0.15) is 5.69 Å². The van der Waals surface area contributed by atoms with Gasteiger partial charge < -0.3 is 14.3 Å². The fourth-order valence-corrected chi connectivity index (χ4v) is 1.30. The molecule has 0 saturated heterocycles. The van der Waals surface area contributed by atoms with E-state index < -0.39 is 0 Å². The SMILES string of the molecule is CN(C)c1nc(-c2ccco2)[nH]c1C#N. The fourth-order valence-electron chi connectivity index (χ4n) is 1.30. The van der Waals surface area contributed by atoms with Gasteiger partial charge in [0.2, 0.25) is 0 Å². The lowest BCUT2D eigenvalue weighted by Crippen LogP contribution is -2.10. The lowest BCUT2D eigenvalue weighted by molar-refractivity contribution is 0.578. The van der Waals surface area contributed by atoms with Crippen molar-refractivity contribution in [1.82, 2.24) is 9.97 Å². The Morgan fingerprint density at radius 3 is 2.80 bits per heavy atom. The molecular formula is C10H10N4O. The Bertz CT molecular complexity index is 490. The summed E-state index contributed by atoms with van der Waals surface area (Å²) in [6.45, 7) is 0. The first-order chi connectivity index (χ1) is 7.22. The van der Waals surface area contributed by atoms with Crippen LogP contribution in [0.3, 0.4) is 0 Å². The van der Waals surface area contributed by atoms with Crippen molar-refractivity contribution in [3.05, 3.63) is 24.1 Å². The second kappa shape index (κ2) is 3.50. The summed E-state index contributed by atoms with van der Waals surface area (Å²) < 4.78 is 5.19. The fraction of sp³-hybridized carbons (Fsp3) is 0.200. The molecule has 0 amide bonds. The molecule has 0 unspecified atom stereocenters. The highest BCUT2D eigenvalue weighted by atomic mass is 16.3. The van der Waals surface area contributed by atoms with Crippen LogP contribution in [0.15, 0.2) is 22.8 Å². The monoisotopic (exact) mass is 202 g/mol. The van der Waals surface area contributed by atoms with E-state index in [1.54, 1.807) is 23.3 Å². The predicted molar refractivity (Wildman–Crippen MR) is 55.3 cm³/mol. The zero-order valence-corrected chi connectivity index (χ0v) is 8.48. The molecule has 0 saturated carbocycles. The van der Waals surface area contributed by atoms with Crippen LogP contribution in [0.4, 0.5) is 5.82 Å². The number of aromatic amines is 1.